The van der Waals surface area contributed by atoms with Crippen LogP contribution < -0.4 is 5.30 Å². The van der Waals surface area contributed by atoms with E-state index in [4.69, 9.17) is 9.97 Å². The Balaban J connectivity index is 2.08. The molecule has 0 N–H and O–H groups in total. The van der Waals surface area contributed by atoms with E-state index in [2.05, 4.69) is 75.4 Å². The molecule has 0 fully saturated rings. The second-order valence-corrected chi connectivity index (χ2v) is 16.1. The molecule has 2 nitrogen and oxygen atoms in total. The summed E-state index contributed by atoms with van der Waals surface area (Å²) in [6, 6.07) is 27.3. The van der Waals surface area contributed by atoms with E-state index in [9.17, 15) is 0 Å². The van der Waals surface area contributed by atoms with Gasteiger partial charge in [0, 0.05) is 0 Å². The molecule has 1 heterocycles. The van der Waals surface area contributed by atoms with E-state index >= 15 is 0 Å². The zero-order chi connectivity index (χ0) is 19.8. The van der Waals surface area contributed by atoms with Crippen LogP contribution in [0.25, 0.3) is 33.5 Å². The number of aromatic nitrogens is 2. The van der Waals surface area contributed by atoms with Gasteiger partial charge in [-0.1, -0.05) is 0 Å². The van der Waals surface area contributed by atoms with Gasteiger partial charge in [0.1, 0.15) is 0 Å². The molecule has 0 unspecified atom stereocenters. The van der Waals surface area contributed by atoms with Gasteiger partial charge in [-0.15, -0.1) is 0 Å². The average Bonchev–Trinajstić information content (AvgIpc) is 2.73. The Morgan fingerprint density at radius 1 is 0.643 bits per heavy atom. The minimum absolute atomic E-state index is 0.931. The van der Waals surface area contributed by atoms with Crippen molar-refractivity contribution >= 4 is 22.9 Å². The number of fused-ring (bicyclic) bond motifs is 1. The Morgan fingerprint density at radius 3 is 1.82 bits per heavy atom. The molecule has 4 aromatic rings. The fraction of sp³-hybridized carbons (Fsp3) is 0.200. The van der Waals surface area contributed by atoms with Crippen LogP contribution in [0.2, 0.25) is 0 Å². The number of hydrogen-bond acceptors (Lipinski definition) is 2. The van der Waals surface area contributed by atoms with Crippen molar-refractivity contribution in [3.8, 4) is 22.5 Å². The van der Waals surface area contributed by atoms with E-state index in [-0.39, 0.29) is 0 Å². The molecule has 0 amide bonds. The number of para-hydroxylation sites is 2. The van der Waals surface area contributed by atoms with Crippen molar-refractivity contribution in [2.45, 2.75) is 6.92 Å². The first kappa shape index (κ1) is 18.8. The van der Waals surface area contributed by atoms with Crippen LogP contribution in [0.3, 0.4) is 0 Å². The summed E-state index contributed by atoms with van der Waals surface area (Å²) < 4.78 is 0. The van der Waals surface area contributed by atoms with E-state index in [0.29, 0.717) is 0 Å². The predicted octanol–water partition coefficient (Wildman–Crippen LogP) is 6.05. The van der Waals surface area contributed by atoms with Gasteiger partial charge >= 0.3 is 167 Å². The standard InChI is InChI=1S/C25H27N2P/c1-5-28(2,3,4)23-18-12-9-15-20(23)25-24(19-13-7-6-8-14-19)26-21-16-10-11-17-22(21)27-25/h6-18H,5H2,1-4H3. The molecule has 0 bridgehead atoms. The first-order valence-electron chi connectivity index (χ1n) is 9.80. The van der Waals surface area contributed by atoms with Gasteiger partial charge in [0.15, 0.2) is 0 Å². The van der Waals surface area contributed by atoms with Crippen molar-refractivity contribution in [2.24, 2.45) is 0 Å². The molecule has 1 aromatic heterocycles. The molecule has 3 heteroatoms. The van der Waals surface area contributed by atoms with Crippen LogP contribution in [-0.4, -0.2) is 36.1 Å². The third-order valence-corrected chi connectivity index (χ3v) is 10.2. The summed E-state index contributed by atoms with van der Waals surface area (Å²) in [5.41, 5.74) is 6.12. The Labute approximate surface area is 167 Å². The summed E-state index contributed by atoms with van der Waals surface area (Å²) in [5, 5.41) is 1.43. The van der Waals surface area contributed by atoms with Crippen LogP contribution in [-0.2, 0) is 0 Å². The van der Waals surface area contributed by atoms with Crippen LogP contribution >= 0.6 is 6.60 Å². The van der Waals surface area contributed by atoms with Crippen molar-refractivity contribution in [1.29, 1.82) is 0 Å². The maximum absolute atomic E-state index is 5.12. The molecule has 4 rings (SSSR count). The number of benzene rings is 3. The molecule has 0 aliphatic heterocycles. The fourth-order valence-electron chi connectivity index (χ4n) is 3.55. The monoisotopic (exact) mass is 386 g/mol. The quantitative estimate of drug-likeness (QED) is 0.399. The van der Waals surface area contributed by atoms with E-state index < -0.39 is 6.60 Å². The van der Waals surface area contributed by atoms with E-state index in [0.717, 1.165) is 34.1 Å². The fourth-order valence-corrected chi connectivity index (χ4v) is 5.61. The summed E-state index contributed by atoms with van der Waals surface area (Å²) in [7, 11) is 0. The summed E-state index contributed by atoms with van der Waals surface area (Å²) in [6.07, 6.45) is 1.16. The molecule has 0 aliphatic rings. The van der Waals surface area contributed by atoms with Crippen LogP contribution in [0.5, 0.6) is 0 Å². The molecule has 0 radical (unpaired) electrons. The van der Waals surface area contributed by atoms with Crippen LogP contribution in [0, 0.1) is 0 Å². The SMILES string of the molecule is CCP(C)(C)(C)c1ccccc1-c1nc2ccccc2nc1-c1ccccc1. The normalized spacial score (nSPS) is 13.2. The predicted molar refractivity (Wildman–Crippen MR) is 125 cm³/mol. The van der Waals surface area contributed by atoms with Crippen molar-refractivity contribution in [3.63, 3.8) is 0 Å². The van der Waals surface area contributed by atoms with Crippen molar-refractivity contribution in [3.05, 3.63) is 78.9 Å². The van der Waals surface area contributed by atoms with E-state index in [1.54, 1.807) is 0 Å². The summed E-state index contributed by atoms with van der Waals surface area (Å²) in [4.78, 5) is 10.2. The molecule has 0 spiro atoms. The van der Waals surface area contributed by atoms with E-state index in [1.807, 2.05) is 30.3 Å². The summed E-state index contributed by atoms with van der Waals surface area (Å²) in [6.45, 7) is 7.62. The van der Waals surface area contributed by atoms with Gasteiger partial charge in [-0.3, -0.25) is 0 Å². The molecular weight excluding hydrogens is 359 g/mol. The van der Waals surface area contributed by atoms with Crippen molar-refractivity contribution < 1.29 is 0 Å². The van der Waals surface area contributed by atoms with Crippen LogP contribution in [0.1, 0.15) is 6.92 Å². The zero-order valence-corrected chi connectivity index (χ0v) is 17.9. The molecule has 0 saturated carbocycles. The summed E-state index contributed by atoms with van der Waals surface area (Å²) >= 11 is 0. The molecule has 3 aromatic carbocycles. The molecule has 142 valence electrons. The number of nitrogens with zero attached hydrogens (tertiary/aromatic N) is 2. The topological polar surface area (TPSA) is 25.8 Å². The van der Waals surface area contributed by atoms with Gasteiger partial charge in [0.05, 0.1) is 0 Å². The van der Waals surface area contributed by atoms with Gasteiger partial charge in [0.2, 0.25) is 0 Å². The van der Waals surface area contributed by atoms with Gasteiger partial charge in [-0.2, -0.15) is 0 Å². The Bertz CT molecular complexity index is 1140. The first-order valence-corrected chi connectivity index (χ1v) is 13.6. The zero-order valence-electron chi connectivity index (χ0n) is 17.1. The maximum atomic E-state index is 5.12. The van der Waals surface area contributed by atoms with Gasteiger partial charge in [-0.05, 0) is 0 Å². The third kappa shape index (κ3) is 3.34. The molecule has 0 saturated heterocycles. The Hall–Kier alpha value is -2.57. The number of hydrogen-bond donors (Lipinski definition) is 0. The average molecular weight is 386 g/mol. The van der Waals surface area contributed by atoms with Crippen LogP contribution in [0.15, 0.2) is 78.9 Å². The van der Waals surface area contributed by atoms with E-state index in [1.165, 1.54) is 10.9 Å². The third-order valence-electron chi connectivity index (χ3n) is 5.78. The molecule has 0 atom stereocenters. The van der Waals surface area contributed by atoms with Crippen molar-refractivity contribution in [2.75, 3.05) is 26.2 Å². The second-order valence-electron chi connectivity index (χ2n) is 8.73. The Kier molecular flexibility index (Phi) is 4.56. The van der Waals surface area contributed by atoms with Crippen molar-refractivity contribution in [1.82, 2.24) is 9.97 Å². The van der Waals surface area contributed by atoms with Gasteiger partial charge in [0.25, 0.3) is 0 Å². The molecular formula is C25H27N2P. The summed E-state index contributed by atoms with van der Waals surface area (Å²) in [5.74, 6) is 0. The van der Waals surface area contributed by atoms with Gasteiger partial charge < -0.3 is 0 Å². The number of rotatable bonds is 4. The Morgan fingerprint density at radius 2 is 1.18 bits per heavy atom. The van der Waals surface area contributed by atoms with Gasteiger partial charge in [-0.25, -0.2) is 0 Å². The second kappa shape index (κ2) is 6.79. The minimum atomic E-state index is -2.02. The molecule has 28 heavy (non-hydrogen) atoms. The van der Waals surface area contributed by atoms with Crippen LogP contribution in [0.4, 0.5) is 0 Å². The molecule has 0 aliphatic carbocycles. The first-order chi connectivity index (χ1) is 13.4.